The summed E-state index contributed by atoms with van der Waals surface area (Å²) in [6.07, 6.45) is 7.58. The predicted octanol–water partition coefficient (Wildman–Crippen LogP) is 4.39. The second kappa shape index (κ2) is 6.42. The van der Waals surface area contributed by atoms with Crippen molar-refractivity contribution < 1.29 is 5.11 Å². The molecule has 0 amide bonds. The van der Waals surface area contributed by atoms with Crippen LogP contribution in [0.1, 0.15) is 50.0 Å². The molecule has 94 valence electrons. The Labute approximate surface area is 109 Å². The van der Waals surface area contributed by atoms with Crippen molar-refractivity contribution in [3.63, 3.8) is 0 Å². The molecule has 0 aliphatic heterocycles. The number of benzene rings is 1. The number of rotatable bonds is 4. The minimum absolute atomic E-state index is 0.282. The van der Waals surface area contributed by atoms with Gasteiger partial charge in [-0.05, 0) is 48.8 Å². The van der Waals surface area contributed by atoms with Gasteiger partial charge in [0, 0.05) is 11.6 Å². The predicted molar refractivity (Wildman–Crippen MR) is 72.5 cm³/mol. The topological polar surface area (TPSA) is 20.2 Å². The van der Waals surface area contributed by atoms with Crippen LogP contribution in [0.2, 0.25) is 5.02 Å². The highest BCUT2D eigenvalue weighted by Crippen LogP contribution is 2.38. The highest BCUT2D eigenvalue weighted by molar-refractivity contribution is 6.30. The average Bonchev–Trinajstić information content (AvgIpc) is 2.38. The summed E-state index contributed by atoms with van der Waals surface area (Å²) in [5, 5.41) is 10.0. The fourth-order valence-electron chi connectivity index (χ4n) is 3.06. The van der Waals surface area contributed by atoms with Gasteiger partial charge in [-0.1, -0.05) is 43.0 Å². The van der Waals surface area contributed by atoms with Crippen molar-refractivity contribution >= 4 is 11.6 Å². The minimum atomic E-state index is 0.282. The monoisotopic (exact) mass is 252 g/mol. The van der Waals surface area contributed by atoms with Gasteiger partial charge in [0.05, 0.1) is 0 Å². The lowest BCUT2D eigenvalue weighted by Gasteiger charge is -2.30. The standard InChI is InChI=1S/C15H21ClO/c16-14-8-6-13(7-9-14)15(10-11-17)12-4-2-1-3-5-12/h6-9,12,15,17H,1-5,10-11H2. The molecule has 0 radical (unpaired) electrons. The first-order valence-electron chi connectivity index (χ1n) is 6.67. The summed E-state index contributed by atoms with van der Waals surface area (Å²) in [4.78, 5) is 0. The van der Waals surface area contributed by atoms with Crippen LogP contribution in [0, 0.1) is 5.92 Å². The van der Waals surface area contributed by atoms with Crippen LogP contribution < -0.4 is 0 Å². The van der Waals surface area contributed by atoms with Crippen molar-refractivity contribution in [3.8, 4) is 0 Å². The first-order chi connectivity index (χ1) is 8.31. The third-order valence-corrected chi connectivity index (χ3v) is 4.21. The molecule has 1 atom stereocenters. The summed E-state index contributed by atoms with van der Waals surface area (Å²) in [5.41, 5.74) is 1.34. The largest absolute Gasteiger partial charge is 0.396 e. The van der Waals surface area contributed by atoms with Crippen molar-refractivity contribution in [2.45, 2.75) is 44.4 Å². The first kappa shape index (κ1) is 12.9. The molecule has 0 aromatic heterocycles. The van der Waals surface area contributed by atoms with E-state index in [1.165, 1.54) is 37.7 Å². The Kier molecular flexibility index (Phi) is 4.87. The van der Waals surface area contributed by atoms with E-state index in [1.807, 2.05) is 12.1 Å². The Morgan fingerprint density at radius 1 is 1.12 bits per heavy atom. The molecule has 1 nitrogen and oxygen atoms in total. The van der Waals surface area contributed by atoms with E-state index in [1.54, 1.807) is 0 Å². The van der Waals surface area contributed by atoms with Crippen molar-refractivity contribution in [2.75, 3.05) is 6.61 Å². The van der Waals surface area contributed by atoms with E-state index in [-0.39, 0.29) is 6.61 Å². The SMILES string of the molecule is OCCC(c1ccc(Cl)cc1)C1CCCCC1. The Morgan fingerprint density at radius 2 is 1.76 bits per heavy atom. The molecule has 1 aromatic carbocycles. The van der Waals surface area contributed by atoms with Gasteiger partial charge in [0.1, 0.15) is 0 Å². The Morgan fingerprint density at radius 3 is 2.35 bits per heavy atom. The zero-order chi connectivity index (χ0) is 12.1. The van der Waals surface area contributed by atoms with Gasteiger partial charge >= 0.3 is 0 Å². The Balaban J connectivity index is 2.12. The lowest BCUT2D eigenvalue weighted by Crippen LogP contribution is -2.17. The maximum atomic E-state index is 9.26. The molecule has 0 bridgehead atoms. The molecule has 1 aromatic rings. The molecule has 1 saturated carbocycles. The van der Waals surface area contributed by atoms with Gasteiger partial charge < -0.3 is 5.11 Å². The molecule has 1 fully saturated rings. The molecule has 17 heavy (non-hydrogen) atoms. The Hall–Kier alpha value is -0.530. The molecular formula is C15H21ClO. The van der Waals surface area contributed by atoms with Gasteiger partial charge in [0.2, 0.25) is 0 Å². The molecule has 0 spiro atoms. The number of halogens is 1. The van der Waals surface area contributed by atoms with Gasteiger partial charge in [-0.25, -0.2) is 0 Å². The van der Waals surface area contributed by atoms with Crippen molar-refractivity contribution in [3.05, 3.63) is 34.9 Å². The highest BCUT2D eigenvalue weighted by Gasteiger charge is 2.24. The van der Waals surface area contributed by atoms with Crippen LogP contribution in [0.3, 0.4) is 0 Å². The van der Waals surface area contributed by atoms with E-state index in [4.69, 9.17) is 11.6 Å². The summed E-state index contributed by atoms with van der Waals surface area (Å²) in [6, 6.07) is 8.17. The van der Waals surface area contributed by atoms with Gasteiger partial charge in [0.25, 0.3) is 0 Å². The third-order valence-electron chi connectivity index (χ3n) is 3.96. The highest BCUT2D eigenvalue weighted by atomic mass is 35.5. The normalized spacial score (nSPS) is 19.2. The van der Waals surface area contributed by atoms with Crippen molar-refractivity contribution in [1.29, 1.82) is 0 Å². The zero-order valence-electron chi connectivity index (χ0n) is 10.2. The summed E-state index contributed by atoms with van der Waals surface area (Å²) >= 11 is 5.93. The molecular weight excluding hydrogens is 232 g/mol. The van der Waals surface area contributed by atoms with Crippen LogP contribution in [-0.4, -0.2) is 11.7 Å². The number of hydrogen-bond acceptors (Lipinski definition) is 1. The summed E-state index contributed by atoms with van der Waals surface area (Å²) in [5.74, 6) is 1.26. The van der Waals surface area contributed by atoms with Crippen LogP contribution in [0.25, 0.3) is 0 Å². The van der Waals surface area contributed by atoms with E-state index >= 15 is 0 Å². The van der Waals surface area contributed by atoms with Crippen LogP contribution in [0.5, 0.6) is 0 Å². The lowest BCUT2D eigenvalue weighted by molar-refractivity contribution is 0.229. The van der Waals surface area contributed by atoms with E-state index in [9.17, 15) is 5.11 Å². The molecule has 1 unspecified atom stereocenters. The molecule has 2 heteroatoms. The lowest BCUT2D eigenvalue weighted by atomic mass is 9.75. The first-order valence-corrected chi connectivity index (χ1v) is 7.05. The van der Waals surface area contributed by atoms with Crippen LogP contribution >= 0.6 is 11.6 Å². The molecule has 1 aliphatic rings. The number of aliphatic hydroxyl groups excluding tert-OH is 1. The van der Waals surface area contributed by atoms with Crippen molar-refractivity contribution in [1.82, 2.24) is 0 Å². The van der Waals surface area contributed by atoms with Gasteiger partial charge in [0.15, 0.2) is 0 Å². The zero-order valence-corrected chi connectivity index (χ0v) is 11.0. The second-order valence-electron chi connectivity index (χ2n) is 5.07. The fourth-order valence-corrected chi connectivity index (χ4v) is 3.19. The van der Waals surface area contributed by atoms with Crippen LogP contribution in [0.15, 0.2) is 24.3 Å². The fraction of sp³-hybridized carbons (Fsp3) is 0.600. The smallest absolute Gasteiger partial charge is 0.0436 e. The number of aliphatic hydroxyl groups is 1. The second-order valence-corrected chi connectivity index (χ2v) is 5.50. The van der Waals surface area contributed by atoms with Crippen LogP contribution in [-0.2, 0) is 0 Å². The summed E-state index contributed by atoms with van der Waals surface area (Å²) in [7, 11) is 0. The van der Waals surface area contributed by atoms with E-state index in [0.717, 1.165) is 17.4 Å². The van der Waals surface area contributed by atoms with E-state index in [2.05, 4.69) is 12.1 Å². The minimum Gasteiger partial charge on any atom is -0.396 e. The third kappa shape index (κ3) is 3.46. The maximum Gasteiger partial charge on any atom is 0.0436 e. The van der Waals surface area contributed by atoms with E-state index < -0.39 is 0 Å². The molecule has 0 heterocycles. The summed E-state index contributed by atoms with van der Waals surface area (Å²) in [6.45, 7) is 0.282. The molecule has 0 saturated heterocycles. The Bertz CT molecular complexity index is 327. The molecule has 1 aliphatic carbocycles. The summed E-state index contributed by atoms with van der Waals surface area (Å²) < 4.78 is 0. The quantitative estimate of drug-likeness (QED) is 0.843. The van der Waals surface area contributed by atoms with Crippen LogP contribution in [0.4, 0.5) is 0 Å². The molecule has 1 N–H and O–H groups in total. The van der Waals surface area contributed by atoms with Crippen molar-refractivity contribution in [2.24, 2.45) is 5.92 Å². The maximum absolute atomic E-state index is 9.26. The van der Waals surface area contributed by atoms with Gasteiger partial charge in [-0.2, -0.15) is 0 Å². The van der Waals surface area contributed by atoms with Gasteiger partial charge in [-0.3, -0.25) is 0 Å². The van der Waals surface area contributed by atoms with E-state index in [0.29, 0.717) is 5.92 Å². The molecule has 2 rings (SSSR count). The van der Waals surface area contributed by atoms with Gasteiger partial charge in [-0.15, -0.1) is 0 Å². The number of hydrogen-bond donors (Lipinski definition) is 1. The average molecular weight is 253 g/mol.